The van der Waals surface area contributed by atoms with Crippen LogP contribution in [0.1, 0.15) is 0 Å². The van der Waals surface area contributed by atoms with Crippen LogP contribution in [0.5, 0.6) is 0 Å². The predicted molar refractivity (Wildman–Crippen MR) is 278 cm³/mol. The van der Waals surface area contributed by atoms with Gasteiger partial charge in [-0.3, -0.25) is 0 Å². The zero-order valence-corrected chi connectivity index (χ0v) is 35.8. The Kier molecular flexibility index (Phi) is 9.58. The van der Waals surface area contributed by atoms with Crippen LogP contribution in [0, 0.1) is 0 Å². The first-order valence-corrected chi connectivity index (χ1v) is 22.4. The van der Waals surface area contributed by atoms with Gasteiger partial charge in [0.2, 0.25) is 0 Å². The van der Waals surface area contributed by atoms with Crippen molar-refractivity contribution < 1.29 is 0 Å². The Labute approximate surface area is 379 Å². The maximum Gasteiger partial charge on any atom is 0.0467 e. The van der Waals surface area contributed by atoms with Crippen molar-refractivity contribution in [3.05, 3.63) is 261 Å². The molecule has 0 fully saturated rings. The van der Waals surface area contributed by atoms with Crippen LogP contribution >= 0.6 is 0 Å². The minimum absolute atomic E-state index is 1.08. The summed E-state index contributed by atoms with van der Waals surface area (Å²) in [5.41, 5.74) is 15.4. The molecule has 0 bridgehead atoms. The molecule has 1 nitrogen and oxygen atoms in total. The molecule has 0 amide bonds. The summed E-state index contributed by atoms with van der Waals surface area (Å²) >= 11 is 0. The SMILES string of the molecule is c1ccc(-c2cccc(N(c3ccc(-c4c(-c5ccccc5)c5ccccc5c5ccccc45)cc3)c3ccc(-c4c(-c5ccccc5)c5ccccc5c5ccccc45)cc3)c2)cc1. The van der Waals surface area contributed by atoms with Crippen molar-refractivity contribution in [2.45, 2.75) is 0 Å². The highest BCUT2D eigenvalue weighted by molar-refractivity contribution is 6.23. The molecule has 0 spiro atoms. The van der Waals surface area contributed by atoms with Gasteiger partial charge in [-0.2, -0.15) is 0 Å². The van der Waals surface area contributed by atoms with Crippen molar-refractivity contribution >= 4 is 60.2 Å². The molecular weight excluding hydrogens is 783 g/mol. The fourth-order valence-corrected chi connectivity index (χ4v) is 10.1. The van der Waals surface area contributed by atoms with Crippen LogP contribution in [-0.4, -0.2) is 0 Å². The molecule has 0 N–H and O–H groups in total. The summed E-state index contributed by atoms with van der Waals surface area (Å²) in [4.78, 5) is 2.40. The normalized spacial score (nSPS) is 11.4. The van der Waals surface area contributed by atoms with Gasteiger partial charge in [-0.25, -0.2) is 0 Å². The fraction of sp³-hybridized carbons (Fsp3) is 0. The van der Waals surface area contributed by atoms with E-state index < -0.39 is 0 Å². The Morgan fingerprint density at radius 1 is 0.169 bits per heavy atom. The van der Waals surface area contributed by atoms with E-state index >= 15 is 0 Å². The maximum atomic E-state index is 2.40. The summed E-state index contributed by atoms with van der Waals surface area (Å²) in [6.45, 7) is 0. The highest BCUT2D eigenvalue weighted by Gasteiger charge is 2.21. The number of nitrogens with zero attached hydrogens (tertiary/aromatic N) is 1. The second-order valence-corrected chi connectivity index (χ2v) is 16.8. The van der Waals surface area contributed by atoms with Crippen LogP contribution in [0.2, 0.25) is 0 Å². The number of fused-ring (bicyclic) bond motifs is 6. The second kappa shape index (κ2) is 16.3. The molecule has 12 aromatic carbocycles. The van der Waals surface area contributed by atoms with Crippen molar-refractivity contribution in [3.63, 3.8) is 0 Å². The molecule has 0 unspecified atom stereocenters. The first-order valence-electron chi connectivity index (χ1n) is 22.4. The van der Waals surface area contributed by atoms with Crippen molar-refractivity contribution in [2.75, 3.05) is 4.90 Å². The van der Waals surface area contributed by atoms with E-state index in [-0.39, 0.29) is 0 Å². The van der Waals surface area contributed by atoms with Gasteiger partial charge in [-0.1, -0.05) is 224 Å². The van der Waals surface area contributed by atoms with Crippen molar-refractivity contribution in [1.29, 1.82) is 0 Å². The van der Waals surface area contributed by atoms with Crippen LogP contribution in [0.25, 0.3) is 98.7 Å². The molecule has 1 heteroatoms. The Morgan fingerprint density at radius 3 is 0.800 bits per heavy atom. The molecule has 0 atom stereocenters. The maximum absolute atomic E-state index is 2.40. The lowest BCUT2D eigenvalue weighted by atomic mass is 9.85. The lowest BCUT2D eigenvalue weighted by molar-refractivity contribution is 1.28. The Balaban J connectivity index is 1.04. The van der Waals surface area contributed by atoms with Crippen LogP contribution in [0.3, 0.4) is 0 Å². The van der Waals surface area contributed by atoms with Crippen molar-refractivity contribution in [2.24, 2.45) is 0 Å². The molecule has 304 valence electrons. The van der Waals surface area contributed by atoms with Gasteiger partial charge in [-0.15, -0.1) is 0 Å². The van der Waals surface area contributed by atoms with Gasteiger partial charge >= 0.3 is 0 Å². The number of rotatable bonds is 8. The monoisotopic (exact) mass is 825 g/mol. The zero-order chi connectivity index (χ0) is 43.1. The van der Waals surface area contributed by atoms with E-state index in [1.165, 1.54) is 98.7 Å². The summed E-state index contributed by atoms with van der Waals surface area (Å²) in [7, 11) is 0. The fourth-order valence-electron chi connectivity index (χ4n) is 10.1. The van der Waals surface area contributed by atoms with E-state index in [9.17, 15) is 0 Å². The lowest BCUT2D eigenvalue weighted by Gasteiger charge is -2.27. The van der Waals surface area contributed by atoms with Gasteiger partial charge in [0.1, 0.15) is 0 Å². The molecule has 0 heterocycles. The summed E-state index contributed by atoms with van der Waals surface area (Å²) in [6.07, 6.45) is 0. The van der Waals surface area contributed by atoms with E-state index in [1.807, 2.05) is 0 Å². The van der Waals surface area contributed by atoms with Crippen LogP contribution in [-0.2, 0) is 0 Å². The molecule has 12 aromatic rings. The van der Waals surface area contributed by atoms with E-state index in [1.54, 1.807) is 0 Å². The topological polar surface area (TPSA) is 3.24 Å². The first-order chi connectivity index (χ1) is 32.3. The highest BCUT2D eigenvalue weighted by atomic mass is 15.1. The molecule has 0 aliphatic rings. The van der Waals surface area contributed by atoms with Gasteiger partial charge in [0.25, 0.3) is 0 Å². The number of hydrogen-bond acceptors (Lipinski definition) is 1. The number of anilines is 3. The highest BCUT2D eigenvalue weighted by Crippen LogP contribution is 2.48. The molecule has 12 rings (SSSR count). The molecule has 0 aromatic heterocycles. The van der Waals surface area contributed by atoms with Crippen LogP contribution in [0.15, 0.2) is 261 Å². The molecule has 0 saturated heterocycles. The number of benzene rings is 12. The largest absolute Gasteiger partial charge is 0.310 e. The quantitative estimate of drug-likeness (QED) is 0.138. The Bertz CT molecular complexity index is 3460. The molecular formula is C64H43N. The molecule has 0 aliphatic carbocycles. The molecule has 0 radical (unpaired) electrons. The van der Waals surface area contributed by atoms with E-state index in [2.05, 4.69) is 266 Å². The Hall–Kier alpha value is -8.52. The van der Waals surface area contributed by atoms with Gasteiger partial charge in [0, 0.05) is 17.1 Å². The van der Waals surface area contributed by atoms with Crippen LogP contribution in [0.4, 0.5) is 17.1 Å². The Morgan fingerprint density at radius 2 is 0.446 bits per heavy atom. The van der Waals surface area contributed by atoms with E-state index in [0.29, 0.717) is 0 Å². The van der Waals surface area contributed by atoms with Crippen molar-refractivity contribution in [3.8, 4) is 55.6 Å². The minimum atomic E-state index is 1.08. The molecule has 0 aliphatic heterocycles. The molecule has 65 heavy (non-hydrogen) atoms. The average molecular weight is 826 g/mol. The number of hydrogen-bond donors (Lipinski definition) is 0. The zero-order valence-electron chi connectivity index (χ0n) is 35.8. The van der Waals surface area contributed by atoms with Gasteiger partial charge in [0.05, 0.1) is 0 Å². The van der Waals surface area contributed by atoms with Gasteiger partial charge < -0.3 is 4.90 Å². The summed E-state index contributed by atoms with van der Waals surface area (Å²) < 4.78 is 0. The smallest absolute Gasteiger partial charge is 0.0467 e. The third-order valence-electron chi connectivity index (χ3n) is 13.0. The van der Waals surface area contributed by atoms with Gasteiger partial charge in [0.15, 0.2) is 0 Å². The summed E-state index contributed by atoms with van der Waals surface area (Å²) in [5.74, 6) is 0. The standard InChI is InChI=1S/C64H43N/c1-4-19-44(20-5-1)49-25-18-26-52(43-49)65(50-39-35-47(36-40-50)63-59-33-16-12-29-55(59)53-27-10-14-31-57(53)61(63)45-21-6-2-7-22-45)51-41-37-48(38-42-51)64-60-34-17-13-30-56(60)54-28-11-15-32-58(54)62(64)46-23-8-3-9-24-46/h1-43H. The average Bonchev–Trinajstić information content (AvgIpc) is 3.39. The predicted octanol–water partition coefficient (Wildman–Crippen LogP) is 18.1. The van der Waals surface area contributed by atoms with Crippen LogP contribution < -0.4 is 4.90 Å². The minimum Gasteiger partial charge on any atom is -0.310 e. The van der Waals surface area contributed by atoms with E-state index in [4.69, 9.17) is 0 Å². The first kappa shape index (κ1) is 38.2. The second-order valence-electron chi connectivity index (χ2n) is 16.8. The van der Waals surface area contributed by atoms with Crippen molar-refractivity contribution in [1.82, 2.24) is 0 Å². The third-order valence-corrected chi connectivity index (χ3v) is 13.0. The third kappa shape index (κ3) is 6.74. The summed E-state index contributed by atoms with van der Waals surface area (Å²) in [6, 6.07) is 95.1. The van der Waals surface area contributed by atoms with E-state index in [0.717, 1.165) is 17.1 Å². The lowest BCUT2D eigenvalue weighted by Crippen LogP contribution is -2.10. The summed E-state index contributed by atoms with van der Waals surface area (Å²) in [5, 5.41) is 10.1. The van der Waals surface area contributed by atoms with Gasteiger partial charge in [-0.05, 0) is 135 Å². The molecule has 0 saturated carbocycles.